The fourth-order valence-electron chi connectivity index (χ4n) is 2.28. The zero-order valence-corrected chi connectivity index (χ0v) is 17.6. The first-order valence-corrected chi connectivity index (χ1v) is 10.2. The van der Waals surface area contributed by atoms with Crippen LogP contribution in [0.3, 0.4) is 0 Å². The Morgan fingerprint density at radius 1 is 0.939 bits per heavy atom. The zero-order valence-electron chi connectivity index (χ0n) is 16.8. The first kappa shape index (κ1) is 24.7. The summed E-state index contributed by atoms with van der Waals surface area (Å²) in [6, 6.07) is 5.60. The number of anilines is 2. The van der Waals surface area contributed by atoms with Crippen molar-refractivity contribution in [3.63, 3.8) is 0 Å². The molecular formula is C19H16N4O9S. The van der Waals surface area contributed by atoms with Crippen molar-refractivity contribution in [2.24, 2.45) is 0 Å². The molecule has 2 amide bonds. The molecule has 0 aliphatic carbocycles. The molecule has 0 aliphatic rings. The molecule has 3 N–H and O–H groups in total. The van der Waals surface area contributed by atoms with Gasteiger partial charge in [-0.05, 0) is 24.3 Å². The van der Waals surface area contributed by atoms with Gasteiger partial charge in [-0.3, -0.25) is 14.3 Å². The number of imide groups is 1. The number of aromatic nitrogens is 2. The zero-order chi connectivity index (χ0) is 24.6. The highest BCUT2D eigenvalue weighted by atomic mass is 32.2. The normalized spacial score (nSPS) is 11.3. The van der Waals surface area contributed by atoms with Gasteiger partial charge in [0.1, 0.15) is 12.1 Å². The quantitative estimate of drug-likeness (QED) is 0.425. The topological polar surface area (TPSA) is 193 Å². The molecular weight excluding hydrogens is 460 g/mol. The maximum Gasteiger partial charge on any atom is 0.328 e. The Morgan fingerprint density at radius 3 is 1.97 bits per heavy atom. The number of amides is 2. The summed E-state index contributed by atoms with van der Waals surface area (Å²) in [5.41, 5.74) is -0.141. The Morgan fingerprint density at radius 2 is 1.48 bits per heavy atom. The summed E-state index contributed by atoms with van der Waals surface area (Å²) in [4.78, 5) is 53.7. The Kier molecular flexibility index (Phi) is 7.95. The number of sulfonamides is 1. The molecule has 0 bridgehead atoms. The minimum Gasteiger partial charge on any atom is -0.481 e. The van der Waals surface area contributed by atoms with Crippen molar-refractivity contribution in [2.75, 3.05) is 16.7 Å². The van der Waals surface area contributed by atoms with Crippen molar-refractivity contribution in [3.05, 3.63) is 61.0 Å². The van der Waals surface area contributed by atoms with E-state index in [9.17, 15) is 27.6 Å². The molecule has 0 unspecified atom stereocenters. The molecule has 13 nitrogen and oxygen atoms in total. The highest BCUT2D eigenvalue weighted by molar-refractivity contribution is 7.92. The van der Waals surface area contributed by atoms with Crippen LogP contribution in [-0.2, 0) is 29.2 Å². The van der Waals surface area contributed by atoms with Gasteiger partial charge in [-0.1, -0.05) is 0 Å². The lowest BCUT2D eigenvalue weighted by Gasteiger charge is -2.18. The number of nitrogens with one attached hydrogen (secondary N) is 1. The lowest BCUT2D eigenvalue weighted by Crippen LogP contribution is -2.34. The fourth-order valence-corrected chi connectivity index (χ4v) is 3.27. The summed E-state index contributed by atoms with van der Waals surface area (Å²) in [5, 5.41) is 17.4. The summed E-state index contributed by atoms with van der Waals surface area (Å²) < 4.78 is 32.3. The predicted octanol–water partition coefficient (Wildman–Crippen LogP) is 0.427. The number of hydrogen-bond donors (Lipinski definition) is 3. The van der Waals surface area contributed by atoms with Gasteiger partial charge in [0.2, 0.25) is 5.88 Å². The Labute approximate surface area is 186 Å². The first-order chi connectivity index (χ1) is 15.5. The average Bonchev–Trinajstić information content (AvgIpc) is 2.76. The highest BCUT2D eigenvalue weighted by Gasteiger charge is 2.22. The number of methoxy groups -OCH3 is 1. The molecule has 0 fully saturated rings. The molecule has 172 valence electrons. The third-order valence-corrected chi connectivity index (χ3v) is 5.04. The summed E-state index contributed by atoms with van der Waals surface area (Å²) in [7, 11) is -2.79. The van der Waals surface area contributed by atoms with Gasteiger partial charge < -0.3 is 14.9 Å². The number of hydrogen-bond acceptors (Lipinski definition) is 9. The summed E-state index contributed by atoms with van der Waals surface area (Å²) >= 11 is 0. The first-order valence-electron chi connectivity index (χ1n) is 8.72. The van der Waals surface area contributed by atoms with Gasteiger partial charge in [-0.25, -0.2) is 32.9 Å². The number of nitrogens with zero attached hydrogens (tertiary/aromatic N) is 3. The molecule has 2 rings (SSSR count). The molecule has 0 saturated heterocycles. The minimum atomic E-state index is -4.13. The van der Waals surface area contributed by atoms with E-state index in [2.05, 4.69) is 14.7 Å². The third kappa shape index (κ3) is 6.96. The van der Waals surface area contributed by atoms with Crippen LogP contribution >= 0.6 is 0 Å². The van der Waals surface area contributed by atoms with Gasteiger partial charge >= 0.3 is 11.9 Å². The average molecular weight is 476 g/mol. The SMILES string of the molecule is COc1cc(NS(=O)(=O)c2ccc(N(C(=O)C=CC(=O)O)C(=O)C=CC(=O)O)cc2)ncn1. The lowest BCUT2D eigenvalue weighted by atomic mass is 10.2. The van der Waals surface area contributed by atoms with Crippen LogP contribution in [0, 0.1) is 0 Å². The Hall–Kier alpha value is -4.59. The van der Waals surface area contributed by atoms with Crippen molar-refractivity contribution in [1.29, 1.82) is 0 Å². The maximum absolute atomic E-state index is 12.6. The molecule has 14 heteroatoms. The second-order valence-electron chi connectivity index (χ2n) is 5.90. The van der Waals surface area contributed by atoms with Gasteiger partial charge in [0.05, 0.1) is 17.7 Å². The highest BCUT2D eigenvalue weighted by Crippen LogP contribution is 2.21. The van der Waals surface area contributed by atoms with Crippen LogP contribution in [0.5, 0.6) is 5.88 Å². The molecule has 33 heavy (non-hydrogen) atoms. The van der Waals surface area contributed by atoms with Gasteiger partial charge in [-0.2, -0.15) is 0 Å². The number of carboxylic acid groups (broad SMARTS) is 2. The van der Waals surface area contributed by atoms with E-state index in [1.54, 1.807) is 0 Å². The molecule has 0 saturated carbocycles. The Bertz CT molecular complexity index is 1200. The second kappa shape index (κ2) is 10.6. The maximum atomic E-state index is 12.6. The van der Waals surface area contributed by atoms with E-state index in [1.165, 1.54) is 13.2 Å². The molecule has 0 atom stereocenters. The molecule has 1 aromatic heterocycles. The second-order valence-corrected chi connectivity index (χ2v) is 7.58. The third-order valence-electron chi connectivity index (χ3n) is 3.67. The number of benzene rings is 1. The van der Waals surface area contributed by atoms with Gasteiger partial charge in [-0.15, -0.1) is 0 Å². The van der Waals surface area contributed by atoms with Crippen LogP contribution in [-0.4, -0.2) is 59.5 Å². The molecule has 1 aromatic carbocycles. The van der Waals surface area contributed by atoms with Crippen LogP contribution in [0.2, 0.25) is 0 Å². The summed E-state index contributed by atoms with van der Waals surface area (Å²) in [6.07, 6.45) is 3.24. The summed E-state index contributed by atoms with van der Waals surface area (Å²) in [6.45, 7) is 0. The van der Waals surface area contributed by atoms with Gasteiger partial charge in [0.15, 0.2) is 0 Å². The smallest absolute Gasteiger partial charge is 0.328 e. The van der Waals surface area contributed by atoms with Crippen LogP contribution in [0.1, 0.15) is 0 Å². The largest absolute Gasteiger partial charge is 0.481 e. The van der Waals surface area contributed by atoms with Gasteiger partial charge in [0.25, 0.3) is 21.8 Å². The van der Waals surface area contributed by atoms with E-state index in [1.807, 2.05) is 0 Å². The van der Waals surface area contributed by atoms with E-state index in [4.69, 9.17) is 14.9 Å². The van der Waals surface area contributed by atoms with E-state index in [-0.39, 0.29) is 22.3 Å². The number of rotatable bonds is 9. The number of ether oxygens (including phenoxy) is 1. The molecule has 0 spiro atoms. The van der Waals surface area contributed by atoms with Crippen LogP contribution < -0.4 is 14.4 Å². The summed E-state index contributed by atoms with van der Waals surface area (Å²) in [5.74, 6) is -5.06. The van der Waals surface area contributed by atoms with Crippen LogP contribution in [0.25, 0.3) is 0 Å². The fraction of sp³-hybridized carbons (Fsp3) is 0.0526. The minimum absolute atomic E-state index is 0.0736. The van der Waals surface area contributed by atoms with Crippen molar-refractivity contribution in [3.8, 4) is 5.88 Å². The number of carbonyl (C=O) groups excluding carboxylic acids is 2. The molecule has 0 radical (unpaired) electrons. The predicted molar refractivity (Wildman–Crippen MR) is 112 cm³/mol. The van der Waals surface area contributed by atoms with Gasteiger partial charge in [0, 0.05) is 30.4 Å². The van der Waals surface area contributed by atoms with Crippen molar-refractivity contribution >= 4 is 45.3 Å². The lowest BCUT2D eigenvalue weighted by molar-refractivity contribution is -0.132. The molecule has 1 heterocycles. The molecule has 0 aliphatic heterocycles. The van der Waals surface area contributed by atoms with E-state index >= 15 is 0 Å². The van der Waals surface area contributed by atoms with Crippen molar-refractivity contribution < 1.29 is 42.5 Å². The van der Waals surface area contributed by atoms with Crippen LogP contribution in [0.4, 0.5) is 11.5 Å². The number of carbonyl (C=O) groups is 4. The van der Waals surface area contributed by atoms with E-state index in [0.717, 1.165) is 30.6 Å². The van der Waals surface area contributed by atoms with Crippen molar-refractivity contribution in [2.45, 2.75) is 4.90 Å². The van der Waals surface area contributed by atoms with E-state index in [0.29, 0.717) is 29.2 Å². The Balaban J connectivity index is 2.36. The number of carboxylic acids is 2. The van der Waals surface area contributed by atoms with Crippen LogP contribution in [0.15, 0.2) is 65.9 Å². The van der Waals surface area contributed by atoms with Crippen molar-refractivity contribution in [1.82, 2.24) is 9.97 Å². The standard InChI is InChI=1S/C19H16N4O9S/c1-32-15-10-14(20-11-21-15)22-33(30,31)13-4-2-12(3-5-13)23(16(24)6-8-18(26)27)17(25)7-9-19(28)29/h2-11H,1H3,(H,26,27)(H,28,29)(H,20,21,22). The monoisotopic (exact) mass is 476 g/mol. The van der Waals surface area contributed by atoms with E-state index < -0.39 is 33.8 Å². The molecule has 2 aromatic rings. The number of aliphatic carboxylic acids is 2.